The summed E-state index contributed by atoms with van der Waals surface area (Å²) in [4.78, 5) is 25.0. The summed E-state index contributed by atoms with van der Waals surface area (Å²) in [6, 6.07) is 12.9. The Morgan fingerprint density at radius 1 is 1.03 bits per heavy atom. The van der Waals surface area contributed by atoms with Crippen LogP contribution in [0.4, 0.5) is 13.6 Å². The molecular weight excluding hydrogens is 380 g/mol. The van der Waals surface area contributed by atoms with E-state index in [4.69, 9.17) is 4.74 Å². The van der Waals surface area contributed by atoms with Gasteiger partial charge in [0.25, 0.3) is 5.92 Å². The molecule has 5 rings (SSSR count). The minimum atomic E-state index is -3.05. The molecule has 0 radical (unpaired) electrons. The lowest BCUT2D eigenvalue weighted by Gasteiger charge is -2.31. The second kappa shape index (κ2) is 6.27. The van der Waals surface area contributed by atoms with Crippen molar-refractivity contribution in [1.29, 1.82) is 0 Å². The van der Waals surface area contributed by atoms with Crippen LogP contribution in [0.3, 0.4) is 0 Å². The highest BCUT2D eigenvalue weighted by molar-refractivity contribution is 5.82. The number of alkyl halides is 2. The smallest absolute Gasteiger partial charge is 0.411 e. The Morgan fingerprint density at radius 3 is 2.21 bits per heavy atom. The van der Waals surface area contributed by atoms with Gasteiger partial charge >= 0.3 is 12.1 Å². The van der Waals surface area contributed by atoms with Crippen LogP contribution in [-0.4, -0.2) is 46.7 Å². The van der Waals surface area contributed by atoms with Gasteiger partial charge in [0.2, 0.25) is 0 Å². The van der Waals surface area contributed by atoms with Crippen LogP contribution in [0.25, 0.3) is 11.1 Å². The molecule has 1 N–H and O–H groups in total. The number of halogens is 2. The number of likely N-dealkylation sites (tertiary alicyclic amines) is 1. The second-order valence-corrected chi connectivity index (χ2v) is 7.87. The Kier molecular flexibility index (Phi) is 3.91. The molecule has 1 amide bonds. The largest absolute Gasteiger partial charge is 0.480 e. The highest BCUT2D eigenvalue weighted by Gasteiger charge is 2.74. The molecule has 3 aliphatic rings. The number of carboxylic acids is 1. The normalized spacial score (nSPS) is 26.3. The molecule has 2 aliphatic carbocycles. The zero-order chi connectivity index (χ0) is 20.3. The third-order valence-electron chi connectivity index (χ3n) is 6.38. The van der Waals surface area contributed by atoms with Crippen molar-refractivity contribution in [2.24, 2.45) is 5.92 Å². The fourth-order valence-electron chi connectivity index (χ4n) is 4.92. The molecule has 1 saturated heterocycles. The lowest BCUT2D eigenvalue weighted by Crippen LogP contribution is -2.50. The molecule has 3 atom stereocenters. The molecule has 2 aromatic rings. The van der Waals surface area contributed by atoms with Crippen molar-refractivity contribution < 1.29 is 28.2 Å². The molecule has 0 aromatic heterocycles. The van der Waals surface area contributed by atoms with Crippen LogP contribution in [-0.2, 0) is 9.53 Å². The summed E-state index contributed by atoms with van der Waals surface area (Å²) < 4.78 is 33.5. The van der Waals surface area contributed by atoms with Crippen molar-refractivity contribution in [2.45, 2.75) is 36.8 Å². The van der Waals surface area contributed by atoms with Gasteiger partial charge in [-0.2, -0.15) is 0 Å². The Hall–Kier alpha value is -2.96. The van der Waals surface area contributed by atoms with Gasteiger partial charge in [-0.05, 0) is 35.1 Å². The molecule has 2 fully saturated rings. The molecule has 5 nitrogen and oxygen atoms in total. The van der Waals surface area contributed by atoms with Crippen LogP contribution in [0.5, 0.6) is 0 Å². The van der Waals surface area contributed by atoms with Crippen molar-refractivity contribution in [3.05, 3.63) is 59.7 Å². The number of carbonyl (C=O) groups excluding carboxylic acids is 1. The van der Waals surface area contributed by atoms with E-state index in [2.05, 4.69) is 0 Å². The van der Waals surface area contributed by atoms with Gasteiger partial charge in [0.15, 0.2) is 0 Å². The first kappa shape index (κ1) is 18.1. The average Bonchev–Trinajstić information content (AvgIpc) is 3.14. The zero-order valence-corrected chi connectivity index (χ0v) is 15.4. The second-order valence-electron chi connectivity index (χ2n) is 7.87. The van der Waals surface area contributed by atoms with Gasteiger partial charge in [-0.25, -0.2) is 18.4 Å². The standard InChI is InChI=1S/C22H19F2NO4/c23-22(24)17-9-10-18(20(26)27)25(19(17)22)21(28)29-11-16-14-7-3-1-5-12(14)13-6-2-4-8-15(13)16/h1-8,16-19H,9-11H2,(H,26,27)/t17-,18-,19+/m1/s1. The molecule has 29 heavy (non-hydrogen) atoms. The van der Waals surface area contributed by atoms with E-state index in [1.165, 1.54) is 0 Å². The summed E-state index contributed by atoms with van der Waals surface area (Å²) >= 11 is 0. The van der Waals surface area contributed by atoms with Gasteiger partial charge in [0.1, 0.15) is 18.7 Å². The van der Waals surface area contributed by atoms with E-state index >= 15 is 0 Å². The fraction of sp³-hybridized carbons (Fsp3) is 0.364. The third-order valence-corrected chi connectivity index (χ3v) is 6.38. The van der Waals surface area contributed by atoms with E-state index in [0.717, 1.165) is 27.2 Å². The van der Waals surface area contributed by atoms with E-state index in [1.54, 1.807) is 0 Å². The van der Waals surface area contributed by atoms with Crippen LogP contribution in [0.2, 0.25) is 0 Å². The maximum absolute atomic E-state index is 14.0. The topological polar surface area (TPSA) is 66.8 Å². The number of aliphatic carboxylic acids is 1. The van der Waals surface area contributed by atoms with Crippen LogP contribution in [0, 0.1) is 5.92 Å². The first-order chi connectivity index (χ1) is 13.9. The summed E-state index contributed by atoms with van der Waals surface area (Å²) in [7, 11) is 0. The van der Waals surface area contributed by atoms with E-state index in [1.807, 2.05) is 48.5 Å². The molecular formula is C22H19F2NO4. The fourth-order valence-corrected chi connectivity index (χ4v) is 4.92. The first-order valence-electron chi connectivity index (χ1n) is 9.65. The number of fused-ring (bicyclic) bond motifs is 4. The van der Waals surface area contributed by atoms with E-state index in [9.17, 15) is 23.5 Å². The van der Waals surface area contributed by atoms with Gasteiger partial charge in [0.05, 0.1) is 5.92 Å². The number of ether oxygens (including phenoxy) is 1. The number of rotatable bonds is 3. The Morgan fingerprint density at radius 2 is 1.62 bits per heavy atom. The molecule has 2 aromatic carbocycles. The quantitative estimate of drug-likeness (QED) is 0.843. The van der Waals surface area contributed by atoms with Crippen molar-refractivity contribution in [2.75, 3.05) is 6.61 Å². The monoisotopic (exact) mass is 399 g/mol. The van der Waals surface area contributed by atoms with Gasteiger partial charge in [-0.1, -0.05) is 48.5 Å². The Balaban J connectivity index is 1.39. The van der Waals surface area contributed by atoms with Crippen molar-refractivity contribution in [3.8, 4) is 11.1 Å². The van der Waals surface area contributed by atoms with E-state index in [-0.39, 0.29) is 25.4 Å². The number of hydrogen-bond donors (Lipinski definition) is 1. The maximum Gasteiger partial charge on any atom is 0.411 e. The third kappa shape index (κ3) is 2.63. The molecule has 7 heteroatoms. The lowest BCUT2D eigenvalue weighted by atomic mass is 9.98. The number of carbonyl (C=O) groups is 2. The van der Waals surface area contributed by atoms with E-state index in [0.29, 0.717) is 0 Å². The van der Waals surface area contributed by atoms with Crippen molar-refractivity contribution in [1.82, 2.24) is 4.90 Å². The summed E-state index contributed by atoms with van der Waals surface area (Å²) in [6.45, 7) is -0.0291. The molecule has 0 bridgehead atoms. The Bertz CT molecular complexity index is 962. The SMILES string of the molecule is O=C(O)[C@H]1CC[C@@H]2[C@H](N1C(=O)OCC1c3ccccc3-c3ccccc31)C2(F)F. The van der Waals surface area contributed by atoms with Crippen LogP contribution < -0.4 is 0 Å². The Labute approximate surface area is 165 Å². The number of nitrogens with zero attached hydrogens (tertiary/aromatic N) is 1. The number of hydrogen-bond acceptors (Lipinski definition) is 3. The maximum atomic E-state index is 14.0. The molecule has 150 valence electrons. The first-order valence-corrected chi connectivity index (χ1v) is 9.65. The lowest BCUT2D eigenvalue weighted by molar-refractivity contribution is -0.144. The number of amides is 1. The van der Waals surface area contributed by atoms with Gasteiger partial charge in [0, 0.05) is 5.92 Å². The number of carboxylic acid groups (broad SMARTS) is 1. The summed E-state index contributed by atoms with van der Waals surface area (Å²) in [5.74, 6) is -5.51. The minimum Gasteiger partial charge on any atom is -0.480 e. The highest BCUT2D eigenvalue weighted by Crippen LogP contribution is 2.58. The molecule has 1 saturated carbocycles. The van der Waals surface area contributed by atoms with Crippen molar-refractivity contribution >= 4 is 12.1 Å². The van der Waals surface area contributed by atoms with Gasteiger partial charge in [-0.3, -0.25) is 4.90 Å². The zero-order valence-electron chi connectivity index (χ0n) is 15.4. The average molecular weight is 399 g/mol. The van der Waals surface area contributed by atoms with Crippen LogP contribution in [0.1, 0.15) is 29.9 Å². The summed E-state index contributed by atoms with van der Waals surface area (Å²) in [5.41, 5.74) is 4.12. The number of piperidine rings is 1. The molecule has 0 unspecified atom stereocenters. The minimum absolute atomic E-state index is 0.0102. The number of benzene rings is 2. The molecule has 0 spiro atoms. The van der Waals surface area contributed by atoms with Gasteiger partial charge < -0.3 is 9.84 Å². The molecule has 1 heterocycles. The van der Waals surface area contributed by atoms with Crippen LogP contribution >= 0.6 is 0 Å². The van der Waals surface area contributed by atoms with Crippen LogP contribution in [0.15, 0.2) is 48.5 Å². The highest BCUT2D eigenvalue weighted by atomic mass is 19.3. The summed E-state index contributed by atoms with van der Waals surface area (Å²) in [5, 5.41) is 9.41. The van der Waals surface area contributed by atoms with Gasteiger partial charge in [-0.15, -0.1) is 0 Å². The predicted octanol–water partition coefficient (Wildman–Crippen LogP) is 4.12. The summed E-state index contributed by atoms with van der Waals surface area (Å²) in [6.07, 6.45) is -0.871. The van der Waals surface area contributed by atoms with E-state index < -0.39 is 36.0 Å². The predicted molar refractivity (Wildman–Crippen MR) is 99.8 cm³/mol. The van der Waals surface area contributed by atoms with Crippen molar-refractivity contribution in [3.63, 3.8) is 0 Å². The molecule has 1 aliphatic heterocycles.